The molecule has 1 aromatic carbocycles. The number of hydrogen-bond donors (Lipinski definition) is 1. The third kappa shape index (κ3) is 3.70. The number of benzene rings is 1. The van der Waals surface area contributed by atoms with Crippen LogP contribution < -0.4 is 0 Å². The Balaban J connectivity index is 3.04. The highest BCUT2D eigenvalue weighted by Gasteiger charge is 2.19. The third-order valence-electron chi connectivity index (χ3n) is 2.32. The predicted molar refractivity (Wildman–Crippen MR) is 72.6 cm³/mol. The predicted octanol–water partition coefficient (Wildman–Crippen LogP) is 2.47. The van der Waals surface area contributed by atoms with Gasteiger partial charge < -0.3 is 10.0 Å². The Kier molecular flexibility index (Phi) is 5.09. The van der Waals surface area contributed by atoms with Gasteiger partial charge in [-0.15, -0.1) is 6.58 Å². The first-order valence-corrected chi connectivity index (χ1v) is 6.13. The Hall–Kier alpha value is -1.62. The van der Waals surface area contributed by atoms with Crippen LogP contribution in [0.3, 0.4) is 0 Å². The Labute approximate surface area is 114 Å². The van der Waals surface area contributed by atoms with Gasteiger partial charge in [-0.25, -0.2) is 0 Å². The van der Waals surface area contributed by atoms with E-state index >= 15 is 0 Å². The lowest BCUT2D eigenvalue weighted by Crippen LogP contribution is -2.36. The number of carbonyl (C=O) groups is 2. The van der Waals surface area contributed by atoms with Crippen molar-refractivity contribution in [2.75, 3.05) is 13.1 Å². The number of rotatable bonds is 5. The molecule has 0 unspecified atom stereocenters. The van der Waals surface area contributed by atoms with Crippen LogP contribution in [0.25, 0.3) is 0 Å². The average Bonchev–Trinajstić information content (AvgIpc) is 2.30. The number of hydrogen-bond acceptors (Lipinski definition) is 2. The van der Waals surface area contributed by atoms with Crippen molar-refractivity contribution in [3.8, 4) is 0 Å². The quantitative estimate of drug-likeness (QED) is 0.850. The van der Waals surface area contributed by atoms with E-state index in [9.17, 15) is 9.59 Å². The summed E-state index contributed by atoms with van der Waals surface area (Å²) in [4.78, 5) is 24.2. The SMILES string of the molecule is C=CCN(CC(=O)O)C(=O)c1cc(C)ccc1Br. The minimum atomic E-state index is -1.05. The summed E-state index contributed by atoms with van der Waals surface area (Å²) in [5.41, 5.74) is 1.40. The number of amides is 1. The minimum absolute atomic E-state index is 0.200. The minimum Gasteiger partial charge on any atom is -0.480 e. The first-order valence-electron chi connectivity index (χ1n) is 5.33. The normalized spacial score (nSPS) is 9.89. The Morgan fingerprint density at radius 1 is 1.50 bits per heavy atom. The summed E-state index contributed by atoms with van der Waals surface area (Å²) in [6, 6.07) is 5.37. The lowest BCUT2D eigenvalue weighted by molar-refractivity contribution is -0.137. The number of aryl methyl sites for hydroxylation is 1. The molecule has 0 heterocycles. The van der Waals surface area contributed by atoms with Crippen molar-refractivity contribution in [2.24, 2.45) is 0 Å². The standard InChI is InChI=1S/C13H14BrNO3/c1-3-6-15(8-12(16)17)13(18)10-7-9(2)4-5-11(10)14/h3-5,7H,1,6,8H2,2H3,(H,16,17). The van der Waals surface area contributed by atoms with Gasteiger partial charge in [0, 0.05) is 11.0 Å². The molecule has 1 N–H and O–H groups in total. The number of carboxylic acid groups (broad SMARTS) is 1. The van der Waals surface area contributed by atoms with E-state index in [0.29, 0.717) is 10.0 Å². The van der Waals surface area contributed by atoms with Crippen LogP contribution in [0.4, 0.5) is 0 Å². The molecule has 0 aliphatic heterocycles. The van der Waals surface area contributed by atoms with Gasteiger partial charge in [0.25, 0.3) is 5.91 Å². The van der Waals surface area contributed by atoms with Gasteiger partial charge in [0.2, 0.25) is 0 Å². The smallest absolute Gasteiger partial charge is 0.323 e. The molecule has 0 aliphatic carbocycles. The molecule has 0 saturated heterocycles. The van der Waals surface area contributed by atoms with Crippen LogP contribution in [-0.2, 0) is 4.79 Å². The van der Waals surface area contributed by atoms with Gasteiger partial charge >= 0.3 is 5.97 Å². The number of halogens is 1. The topological polar surface area (TPSA) is 57.6 Å². The zero-order valence-electron chi connectivity index (χ0n) is 10.0. The Bertz CT molecular complexity index is 485. The Morgan fingerprint density at radius 3 is 2.72 bits per heavy atom. The molecule has 5 heteroatoms. The first kappa shape index (κ1) is 14.4. The summed E-state index contributed by atoms with van der Waals surface area (Å²) in [5, 5.41) is 8.79. The van der Waals surface area contributed by atoms with E-state index < -0.39 is 5.97 Å². The fourth-order valence-corrected chi connectivity index (χ4v) is 1.93. The molecule has 96 valence electrons. The zero-order chi connectivity index (χ0) is 13.7. The van der Waals surface area contributed by atoms with Crippen molar-refractivity contribution in [1.29, 1.82) is 0 Å². The summed E-state index contributed by atoms with van der Waals surface area (Å²) < 4.78 is 0.651. The summed E-state index contributed by atoms with van der Waals surface area (Å²) in [6.45, 7) is 5.26. The van der Waals surface area contributed by atoms with Crippen molar-refractivity contribution in [3.63, 3.8) is 0 Å². The van der Waals surface area contributed by atoms with Crippen molar-refractivity contribution in [3.05, 3.63) is 46.5 Å². The van der Waals surface area contributed by atoms with E-state index in [1.54, 1.807) is 12.1 Å². The Morgan fingerprint density at radius 2 is 2.17 bits per heavy atom. The maximum atomic E-state index is 12.2. The fraction of sp³-hybridized carbons (Fsp3) is 0.231. The summed E-state index contributed by atoms with van der Waals surface area (Å²) >= 11 is 3.30. The summed E-state index contributed by atoms with van der Waals surface area (Å²) in [7, 11) is 0. The molecule has 0 fully saturated rings. The van der Waals surface area contributed by atoms with Crippen LogP contribution >= 0.6 is 15.9 Å². The number of nitrogens with zero attached hydrogens (tertiary/aromatic N) is 1. The molecule has 1 aromatic rings. The third-order valence-corrected chi connectivity index (χ3v) is 3.01. The molecule has 0 spiro atoms. The number of aliphatic carboxylic acids is 1. The molecule has 1 rings (SSSR count). The van der Waals surface area contributed by atoms with Gasteiger partial charge in [-0.2, -0.15) is 0 Å². The monoisotopic (exact) mass is 311 g/mol. The molecule has 0 aliphatic rings. The van der Waals surface area contributed by atoms with Crippen molar-refractivity contribution >= 4 is 27.8 Å². The van der Waals surface area contributed by atoms with Gasteiger partial charge in [-0.05, 0) is 35.0 Å². The van der Waals surface area contributed by atoms with Gasteiger partial charge in [0.05, 0.1) is 5.56 Å². The molecule has 0 atom stereocenters. The van der Waals surface area contributed by atoms with Crippen molar-refractivity contribution < 1.29 is 14.7 Å². The lowest BCUT2D eigenvalue weighted by atomic mass is 10.1. The lowest BCUT2D eigenvalue weighted by Gasteiger charge is -2.19. The molecule has 0 bridgehead atoms. The van der Waals surface area contributed by atoms with E-state index in [2.05, 4.69) is 22.5 Å². The van der Waals surface area contributed by atoms with Crippen LogP contribution in [0.15, 0.2) is 35.3 Å². The van der Waals surface area contributed by atoms with E-state index in [1.165, 1.54) is 11.0 Å². The van der Waals surface area contributed by atoms with E-state index in [-0.39, 0.29) is 19.0 Å². The second kappa shape index (κ2) is 6.35. The maximum absolute atomic E-state index is 12.2. The fourth-order valence-electron chi connectivity index (χ4n) is 1.51. The van der Waals surface area contributed by atoms with Gasteiger partial charge in [-0.3, -0.25) is 9.59 Å². The summed E-state index contributed by atoms with van der Waals surface area (Å²) in [6.07, 6.45) is 1.50. The van der Waals surface area contributed by atoms with Crippen LogP contribution in [0, 0.1) is 6.92 Å². The van der Waals surface area contributed by atoms with Gasteiger partial charge in [0.15, 0.2) is 0 Å². The highest BCUT2D eigenvalue weighted by atomic mass is 79.9. The maximum Gasteiger partial charge on any atom is 0.323 e. The second-order valence-corrected chi connectivity index (χ2v) is 4.71. The van der Waals surface area contributed by atoms with Crippen molar-refractivity contribution in [1.82, 2.24) is 4.90 Å². The van der Waals surface area contributed by atoms with E-state index in [0.717, 1.165) is 5.56 Å². The van der Waals surface area contributed by atoms with E-state index in [4.69, 9.17) is 5.11 Å². The molecular formula is C13H14BrNO3. The second-order valence-electron chi connectivity index (χ2n) is 3.85. The summed E-state index contributed by atoms with van der Waals surface area (Å²) in [5.74, 6) is -1.37. The number of carboxylic acids is 1. The molecular weight excluding hydrogens is 298 g/mol. The molecule has 0 saturated carbocycles. The largest absolute Gasteiger partial charge is 0.480 e. The van der Waals surface area contributed by atoms with Gasteiger partial charge in [-0.1, -0.05) is 17.7 Å². The van der Waals surface area contributed by atoms with Crippen LogP contribution in [0.2, 0.25) is 0 Å². The first-order chi connectivity index (χ1) is 8.45. The molecule has 0 radical (unpaired) electrons. The van der Waals surface area contributed by atoms with Crippen LogP contribution in [0.1, 0.15) is 15.9 Å². The molecule has 18 heavy (non-hydrogen) atoms. The van der Waals surface area contributed by atoms with Crippen LogP contribution in [-0.4, -0.2) is 35.0 Å². The molecule has 0 aromatic heterocycles. The van der Waals surface area contributed by atoms with E-state index in [1.807, 2.05) is 13.0 Å². The molecule has 1 amide bonds. The van der Waals surface area contributed by atoms with Crippen LogP contribution in [0.5, 0.6) is 0 Å². The van der Waals surface area contributed by atoms with Crippen molar-refractivity contribution in [2.45, 2.75) is 6.92 Å². The highest BCUT2D eigenvalue weighted by Crippen LogP contribution is 2.20. The highest BCUT2D eigenvalue weighted by molar-refractivity contribution is 9.10. The average molecular weight is 312 g/mol. The number of carbonyl (C=O) groups excluding carboxylic acids is 1. The van der Waals surface area contributed by atoms with Gasteiger partial charge in [0.1, 0.15) is 6.54 Å². The molecule has 4 nitrogen and oxygen atoms in total. The zero-order valence-corrected chi connectivity index (χ0v) is 11.6.